The number of hydrogen-bond acceptors (Lipinski definition) is 8. The van der Waals surface area contributed by atoms with Crippen molar-refractivity contribution in [3.8, 4) is 11.5 Å². The Kier molecular flexibility index (Phi) is 7.42. The number of hydrogen-bond donors (Lipinski definition) is 3. The molecule has 154 valence electrons. The Morgan fingerprint density at radius 3 is 2.71 bits per heavy atom. The summed E-state index contributed by atoms with van der Waals surface area (Å²) in [5, 5.41) is 28.4. The van der Waals surface area contributed by atoms with Gasteiger partial charge in [-0.15, -0.1) is 0 Å². The van der Waals surface area contributed by atoms with E-state index in [0.717, 1.165) is 11.1 Å². The lowest BCUT2D eigenvalue weighted by Crippen LogP contribution is -2.21. The van der Waals surface area contributed by atoms with Gasteiger partial charge in [0.2, 0.25) is 0 Å². The molecular formula is C20H26O8. The Balaban J connectivity index is 2.07. The third-order valence-electron chi connectivity index (χ3n) is 4.67. The molecule has 2 rings (SSSR count). The zero-order valence-electron chi connectivity index (χ0n) is 16.3. The largest absolute Gasteiger partial charge is 0.507 e. The molecule has 1 aromatic rings. The highest BCUT2D eigenvalue weighted by Gasteiger charge is 2.31. The number of phenols is 1. The lowest BCUT2D eigenvalue weighted by atomic mass is 9.94. The summed E-state index contributed by atoms with van der Waals surface area (Å²) in [6.07, 6.45) is 1.65. The van der Waals surface area contributed by atoms with Crippen molar-refractivity contribution < 1.29 is 39.1 Å². The van der Waals surface area contributed by atoms with Gasteiger partial charge in [0.25, 0.3) is 0 Å². The van der Waals surface area contributed by atoms with E-state index in [1.54, 1.807) is 0 Å². The number of benzene rings is 1. The van der Waals surface area contributed by atoms with Crippen LogP contribution in [0.15, 0.2) is 11.6 Å². The number of carbonyl (C=O) groups is 2. The number of aliphatic hydroxyl groups is 2. The van der Waals surface area contributed by atoms with Crippen LogP contribution in [0.1, 0.15) is 46.8 Å². The van der Waals surface area contributed by atoms with E-state index in [0.29, 0.717) is 29.7 Å². The number of fused-ring (bicyclic) bond motifs is 1. The molecule has 3 N–H and O–H groups in total. The van der Waals surface area contributed by atoms with Gasteiger partial charge >= 0.3 is 11.9 Å². The summed E-state index contributed by atoms with van der Waals surface area (Å²) in [5.74, 6) is -0.651. The number of ether oxygens (including phenoxy) is 3. The number of rotatable bonds is 9. The monoisotopic (exact) mass is 394 g/mol. The molecule has 0 amide bonds. The van der Waals surface area contributed by atoms with Crippen molar-refractivity contribution in [1.29, 1.82) is 0 Å². The fourth-order valence-electron chi connectivity index (χ4n) is 3.02. The number of methoxy groups -OCH3 is 1. The van der Waals surface area contributed by atoms with Crippen LogP contribution in [0.4, 0.5) is 0 Å². The number of cyclic esters (lactones) is 1. The molecule has 0 bridgehead atoms. The number of aliphatic hydroxyl groups excluding tert-OH is 2. The first-order valence-corrected chi connectivity index (χ1v) is 8.98. The predicted molar refractivity (Wildman–Crippen MR) is 99.3 cm³/mol. The van der Waals surface area contributed by atoms with Gasteiger partial charge in [-0.25, -0.2) is 4.79 Å². The maximum Gasteiger partial charge on any atom is 0.342 e. The van der Waals surface area contributed by atoms with Crippen molar-refractivity contribution in [3.63, 3.8) is 0 Å². The average Bonchev–Trinajstić information content (AvgIpc) is 3.07. The molecule has 0 aromatic heterocycles. The van der Waals surface area contributed by atoms with Crippen LogP contribution >= 0.6 is 0 Å². The van der Waals surface area contributed by atoms with Gasteiger partial charge in [-0.2, -0.15) is 0 Å². The molecule has 0 saturated heterocycles. The maximum absolute atomic E-state index is 11.9. The molecule has 1 aliphatic heterocycles. The van der Waals surface area contributed by atoms with E-state index < -0.39 is 24.6 Å². The highest BCUT2D eigenvalue weighted by molar-refractivity contribution is 5.98. The lowest BCUT2D eigenvalue weighted by molar-refractivity contribution is -0.147. The Morgan fingerprint density at radius 2 is 2.07 bits per heavy atom. The molecule has 0 radical (unpaired) electrons. The average molecular weight is 394 g/mol. The highest BCUT2D eigenvalue weighted by atomic mass is 16.5. The molecule has 0 fully saturated rings. The third-order valence-corrected chi connectivity index (χ3v) is 4.67. The van der Waals surface area contributed by atoms with Crippen LogP contribution < -0.4 is 4.74 Å². The molecule has 1 heterocycles. The molecule has 0 aliphatic carbocycles. The number of phenolic OH excluding ortho intramolecular Hbond substituents is 1. The molecule has 0 unspecified atom stereocenters. The zero-order valence-corrected chi connectivity index (χ0v) is 16.3. The van der Waals surface area contributed by atoms with Crippen LogP contribution in [0.25, 0.3) is 0 Å². The maximum atomic E-state index is 11.9. The second-order valence-electron chi connectivity index (χ2n) is 6.69. The zero-order chi connectivity index (χ0) is 20.8. The van der Waals surface area contributed by atoms with E-state index in [-0.39, 0.29) is 30.9 Å². The second kappa shape index (κ2) is 9.57. The van der Waals surface area contributed by atoms with Gasteiger partial charge in [0.05, 0.1) is 13.7 Å². The van der Waals surface area contributed by atoms with Crippen molar-refractivity contribution >= 4 is 11.9 Å². The van der Waals surface area contributed by atoms with E-state index >= 15 is 0 Å². The molecule has 8 nitrogen and oxygen atoms in total. The number of aromatic hydroxyl groups is 1. The van der Waals surface area contributed by atoms with E-state index in [1.165, 1.54) is 7.11 Å². The van der Waals surface area contributed by atoms with Gasteiger partial charge in [0.1, 0.15) is 36.4 Å². The van der Waals surface area contributed by atoms with E-state index in [4.69, 9.17) is 19.3 Å². The first-order chi connectivity index (χ1) is 13.3. The summed E-state index contributed by atoms with van der Waals surface area (Å²) in [6.45, 7) is 3.06. The Hall–Kier alpha value is -2.58. The number of carbonyl (C=O) groups excluding carboxylic acids is 2. The minimum atomic E-state index is -1.08. The summed E-state index contributed by atoms with van der Waals surface area (Å²) in [7, 11) is 1.50. The second-order valence-corrected chi connectivity index (χ2v) is 6.69. The van der Waals surface area contributed by atoms with E-state index in [2.05, 4.69) is 0 Å². The predicted octanol–water partition coefficient (Wildman–Crippen LogP) is 1.55. The molecule has 0 spiro atoms. The molecule has 8 heteroatoms. The van der Waals surface area contributed by atoms with E-state index in [9.17, 15) is 19.8 Å². The van der Waals surface area contributed by atoms with Crippen molar-refractivity contribution in [2.75, 3.05) is 20.3 Å². The van der Waals surface area contributed by atoms with Crippen molar-refractivity contribution in [2.45, 2.75) is 45.8 Å². The van der Waals surface area contributed by atoms with Crippen LogP contribution in [0, 0.1) is 6.92 Å². The highest BCUT2D eigenvalue weighted by Crippen LogP contribution is 2.42. The van der Waals surface area contributed by atoms with Gasteiger partial charge in [-0.3, -0.25) is 4.79 Å². The Bertz CT molecular complexity index is 781. The van der Waals surface area contributed by atoms with Crippen LogP contribution in [-0.4, -0.2) is 53.7 Å². The number of esters is 2. The summed E-state index contributed by atoms with van der Waals surface area (Å²) in [6, 6.07) is 0. The Morgan fingerprint density at radius 1 is 1.36 bits per heavy atom. The van der Waals surface area contributed by atoms with Crippen LogP contribution in [-0.2, 0) is 27.3 Å². The smallest absolute Gasteiger partial charge is 0.342 e. The van der Waals surface area contributed by atoms with Gasteiger partial charge in [0, 0.05) is 17.5 Å². The topological polar surface area (TPSA) is 123 Å². The molecule has 1 atom stereocenters. The minimum Gasteiger partial charge on any atom is -0.507 e. The summed E-state index contributed by atoms with van der Waals surface area (Å²) in [5.41, 5.74) is 2.96. The first-order valence-electron chi connectivity index (χ1n) is 8.98. The summed E-state index contributed by atoms with van der Waals surface area (Å²) >= 11 is 0. The molecule has 1 aromatic carbocycles. The molecular weight excluding hydrogens is 368 g/mol. The fraction of sp³-hybridized carbons (Fsp3) is 0.500. The van der Waals surface area contributed by atoms with Crippen LogP contribution in [0.2, 0.25) is 0 Å². The van der Waals surface area contributed by atoms with Gasteiger partial charge < -0.3 is 29.5 Å². The summed E-state index contributed by atoms with van der Waals surface area (Å²) in [4.78, 5) is 23.6. The van der Waals surface area contributed by atoms with Gasteiger partial charge in [-0.05, 0) is 32.3 Å². The Labute approximate surface area is 163 Å². The lowest BCUT2D eigenvalue weighted by Gasteiger charge is -2.15. The summed E-state index contributed by atoms with van der Waals surface area (Å²) < 4.78 is 15.3. The quantitative estimate of drug-likeness (QED) is 0.426. The fourth-order valence-corrected chi connectivity index (χ4v) is 3.02. The normalized spacial score (nSPS) is 14.5. The first kappa shape index (κ1) is 21.7. The van der Waals surface area contributed by atoms with Crippen LogP contribution in [0.3, 0.4) is 0 Å². The SMILES string of the molecule is COc1c(C)c2c(c(O)c1C/C=C(\C)CCC(=O)OC[C@@H](O)CO)C(=O)OC2. The molecule has 0 saturated carbocycles. The molecule has 1 aliphatic rings. The van der Waals surface area contributed by atoms with Crippen molar-refractivity contribution in [3.05, 3.63) is 33.9 Å². The molecule has 28 heavy (non-hydrogen) atoms. The standard InChI is InChI=1S/C20H26O8/c1-11(5-7-16(23)27-9-13(22)8-21)4-6-14-18(24)17-15(10-28-20(17)25)12(2)19(14)26-3/h4,13,21-22,24H,5-10H2,1-3H3/b11-4+/t13-/m0/s1. The van der Waals surface area contributed by atoms with Crippen molar-refractivity contribution in [2.24, 2.45) is 0 Å². The van der Waals surface area contributed by atoms with Crippen molar-refractivity contribution in [1.82, 2.24) is 0 Å². The minimum absolute atomic E-state index is 0.117. The van der Waals surface area contributed by atoms with Gasteiger partial charge in [0.15, 0.2) is 0 Å². The third kappa shape index (κ3) is 4.82. The van der Waals surface area contributed by atoms with Crippen LogP contribution in [0.5, 0.6) is 11.5 Å². The number of allylic oxidation sites excluding steroid dienone is 2. The van der Waals surface area contributed by atoms with Gasteiger partial charge in [-0.1, -0.05) is 11.6 Å². The van der Waals surface area contributed by atoms with E-state index in [1.807, 2.05) is 19.9 Å².